The van der Waals surface area contributed by atoms with Crippen LogP contribution < -0.4 is 4.74 Å². The van der Waals surface area contributed by atoms with Crippen LogP contribution in [0.1, 0.15) is 88.1 Å². The van der Waals surface area contributed by atoms with Crippen molar-refractivity contribution in [3.63, 3.8) is 0 Å². The predicted octanol–water partition coefficient (Wildman–Crippen LogP) is 9.32. The third kappa shape index (κ3) is 13.5. The largest absolute Gasteiger partial charge is 0.478 e. The van der Waals surface area contributed by atoms with Crippen molar-refractivity contribution in [1.29, 1.82) is 0 Å². The number of hydrogen-bond acceptors (Lipinski definition) is 4. The highest BCUT2D eigenvalue weighted by Crippen LogP contribution is 2.23. The molecule has 0 spiro atoms. The number of rotatable bonds is 18. The molecule has 7 heteroatoms. The highest BCUT2D eigenvalue weighted by molar-refractivity contribution is 6.30. The fraction of sp³-hybridized carbons (Fsp3) is 0.390. The number of ketones is 1. The molecule has 0 unspecified atom stereocenters. The van der Waals surface area contributed by atoms with Crippen molar-refractivity contribution in [2.75, 3.05) is 26.2 Å². The Labute approximate surface area is 292 Å². The van der Waals surface area contributed by atoms with E-state index in [-0.39, 0.29) is 17.6 Å². The zero-order valence-corrected chi connectivity index (χ0v) is 29.5. The van der Waals surface area contributed by atoms with E-state index >= 15 is 0 Å². The Morgan fingerprint density at radius 3 is 1.67 bits per heavy atom. The number of piperazine rings is 1. The number of benzene rings is 2. The van der Waals surface area contributed by atoms with E-state index in [9.17, 15) is 14.4 Å². The standard InChI is InChI=1S/C41H51ClN2O4/c1-4-5-6-7-8-9-10-11-12-13-14-15-16-17-18-19-20-21-38(45)43-30-32-44(33-31-43)40(47)41(2,3)48-37-28-24-35(25-29-37)39(46)34-22-26-36(42)27-23-34/h5-6,8-9,11-12,14-15,17-18,22-29H,4,7,10,13,16,19-21,30-33H2,1-3H3. The Kier molecular flexibility index (Phi) is 16.7. The first-order chi connectivity index (χ1) is 23.2. The molecule has 6 nitrogen and oxygen atoms in total. The molecule has 0 saturated carbocycles. The van der Waals surface area contributed by atoms with Crippen molar-refractivity contribution in [3.05, 3.63) is 125 Å². The number of nitrogens with zero attached hydrogens (tertiary/aromatic N) is 2. The number of allylic oxidation sites excluding steroid dienone is 10. The second kappa shape index (κ2) is 20.9. The summed E-state index contributed by atoms with van der Waals surface area (Å²) < 4.78 is 6.07. The van der Waals surface area contributed by atoms with Gasteiger partial charge in [0.1, 0.15) is 5.75 Å². The number of halogens is 1. The van der Waals surface area contributed by atoms with Gasteiger partial charge in [-0.15, -0.1) is 0 Å². The van der Waals surface area contributed by atoms with Crippen LogP contribution >= 0.6 is 11.6 Å². The summed E-state index contributed by atoms with van der Waals surface area (Å²) in [7, 11) is 0. The summed E-state index contributed by atoms with van der Waals surface area (Å²) in [6.07, 6.45) is 28.9. The first-order valence-corrected chi connectivity index (χ1v) is 17.5. The minimum absolute atomic E-state index is 0.116. The molecule has 0 N–H and O–H groups in total. The van der Waals surface area contributed by atoms with Crippen molar-refractivity contribution in [2.45, 2.75) is 77.7 Å². The van der Waals surface area contributed by atoms with Crippen molar-refractivity contribution < 1.29 is 19.1 Å². The van der Waals surface area contributed by atoms with E-state index in [0.29, 0.717) is 54.5 Å². The molecule has 1 aliphatic heterocycles. The zero-order valence-electron chi connectivity index (χ0n) is 28.8. The molecule has 48 heavy (non-hydrogen) atoms. The number of carbonyl (C=O) groups excluding carboxylic acids is 3. The van der Waals surface area contributed by atoms with Crippen molar-refractivity contribution >= 4 is 29.2 Å². The average Bonchev–Trinajstić information content (AvgIpc) is 3.09. The molecule has 1 fully saturated rings. The lowest BCUT2D eigenvalue weighted by atomic mass is 10.0. The number of carbonyl (C=O) groups is 3. The van der Waals surface area contributed by atoms with Crippen LogP contribution in [-0.4, -0.2) is 59.2 Å². The van der Waals surface area contributed by atoms with Gasteiger partial charge in [0.05, 0.1) is 0 Å². The van der Waals surface area contributed by atoms with Gasteiger partial charge in [-0.25, -0.2) is 0 Å². The second-order valence-corrected chi connectivity index (χ2v) is 12.7. The molecular formula is C41H51ClN2O4. The number of amides is 2. The quantitative estimate of drug-likeness (QED) is 0.0901. The van der Waals surface area contributed by atoms with Crippen molar-refractivity contribution in [3.8, 4) is 5.75 Å². The second-order valence-electron chi connectivity index (χ2n) is 12.2. The summed E-state index contributed by atoms with van der Waals surface area (Å²) in [6, 6.07) is 13.5. The molecule has 2 aromatic carbocycles. The number of hydrogen-bond donors (Lipinski definition) is 0. The van der Waals surface area contributed by atoms with Crippen LogP contribution in [0.15, 0.2) is 109 Å². The molecule has 256 valence electrons. The van der Waals surface area contributed by atoms with Gasteiger partial charge < -0.3 is 14.5 Å². The van der Waals surface area contributed by atoms with Gasteiger partial charge in [-0.3, -0.25) is 14.4 Å². The molecule has 0 atom stereocenters. The van der Waals surface area contributed by atoms with Crippen LogP contribution in [0.4, 0.5) is 0 Å². The Morgan fingerprint density at radius 2 is 1.15 bits per heavy atom. The van der Waals surface area contributed by atoms with Crippen LogP contribution in [0, 0.1) is 0 Å². The van der Waals surface area contributed by atoms with Gasteiger partial charge in [-0.2, -0.15) is 0 Å². The van der Waals surface area contributed by atoms with Crippen molar-refractivity contribution in [2.24, 2.45) is 0 Å². The Balaban J connectivity index is 1.30. The molecule has 1 heterocycles. The molecule has 3 rings (SSSR count). The topological polar surface area (TPSA) is 66.9 Å². The smallest absolute Gasteiger partial charge is 0.266 e. The number of ether oxygens (including phenoxy) is 1. The van der Waals surface area contributed by atoms with E-state index in [4.69, 9.17) is 16.3 Å². The summed E-state index contributed by atoms with van der Waals surface area (Å²) in [6.45, 7) is 7.61. The molecule has 0 aliphatic carbocycles. The Bertz CT molecular complexity index is 1440. The Morgan fingerprint density at radius 1 is 0.688 bits per heavy atom. The molecule has 2 aromatic rings. The van der Waals surface area contributed by atoms with Crippen molar-refractivity contribution in [1.82, 2.24) is 9.80 Å². The van der Waals surface area contributed by atoms with Crippen LogP contribution in [0.25, 0.3) is 0 Å². The average molecular weight is 671 g/mol. The fourth-order valence-electron chi connectivity index (χ4n) is 5.22. The SMILES string of the molecule is CCC=CCC=CCC=CCC=CCC=CCCCC(=O)N1CCN(C(=O)C(C)(C)Oc2ccc(C(=O)c3ccc(Cl)cc3)cc2)CC1. The maximum Gasteiger partial charge on any atom is 0.266 e. The first kappa shape index (κ1) is 38.3. The molecule has 2 amide bonds. The van der Waals surface area contributed by atoms with Gasteiger partial charge in [-0.05, 0) is 107 Å². The predicted molar refractivity (Wildman–Crippen MR) is 198 cm³/mol. The van der Waals surface area contributed by atoms with Gasteiger partial charge in [0.25, 0.3) is 5.91 Å². The molecule has 1 saturated heterocycles. The van der Waals surface area contributed by atoms with E-state index in [1.807, 2.05) is 4.90 Å². The zero-order chi connectivity index (χ0) is 34.6. The van der Waals surface area contributed by atoms with E-state index < -0.39 is 5.60 Å². The van der Waals surface area contributed by atoms with Gasteiger partial charge in [0.15, 0.2) is 11.4 Å². The molecular weight excluding hydrogens is 620 g/mol. The molecule has 0 bridgehead atoms. The third-order valence-corrected chi connectivity index (χ3v) is 8.20. The van der Waals surface area contributed by atoms with Crippen LogP contribution in [-0.2, 0) is 9.59 Å². The van der Waals surface area contributed by atoms with Gasteiger partial charge in [-0.1, -0.05) is 79.3 Å². The summed E-state index contributed by atoms with van der Waals surface area (Å²) in [5.41, 5.74) is -0.0336. The summed E-state index contributed by atoms with van der Waals surface area (Å²) in [4.78, 5) is 42.5. The monoisotopic (exact) mass is 670 g/mol. The lowest BCUT2D eigenvalue weighted by Gasteiger charge is -2.38. The molecule has 0 aromatic heterocycles. The maximum absolute atomic E-state index is 13.3. The van der Waals surface area contributed by atoms with Gasteiger partial charge in [0.2, 0.25) is 5.91 Å². The van der Waals surface area contributed by atoms with Gasteiger partial charge >= 0.3 is 0 Å². The van der Waals surface area contributed by atoms with E-state index in [1.54, 1.807) is 67.3 Å². The third-order valence-electron chi connectivity index (χ3n) is 7.95. The maximum atomic E-state index is 13.3. The molecule has 0 radical (unpaired) electrons. The number of unbranched alkanes of at least 4 members (excludes halogenated alkanes) is 1. The van der Waals surface area contributed by atoms with Crippen LogP contribution in [0.2, 0.25) is 5.02 Å². The van der Waals surface area contributed by atoms with E-state index in [2.05, 4.69) is 67.7 Å². The first-order valence-electron chi connectivity index (χ1n) is 17.1. The summed E-state index contributed by atoms with van der Waals surface area (Å²) in [5, 5.41) is 0.572. The van der Waals surface area contributed by atoms with Gasteiger partial charge in [0, 0.05) is 48.7 Å². The highest BCUT2D eigenvalue weighted by atomic mass is 35.5. The minimum Gasteiger partial charge on any atom is -0.478 e. The molecule has 1 aliphatic rings. The normalized spacial score (nSPS) is 14.3. The lowest BCUT2D eigenvalue weighted by Crippen LogP contribution is -2.56. The van der Waals surface area contributed by atoms with Crippen LogP contribution in [0.5, 0.6) is 5.75 Å². The van der Waals surface area contributed by atoms with Crippen LogP contribution in [0.3, 0.4) is 0 Å². The Hall–Kier alpha value is -4.16. The lowest BCUT2D eigenvalue weighted by molar-refractivity contribution is -0.149. The minimum atomic E-state index is -1.10. The summed E-state index contributed by atoms with van der Waals surface area (Å²) in [5.74, 6) is 0.394. The highest BCUT2D eigenvalue weighted by Gasteiger charge is 2.36. The summed E-state index contributed by atoms with van der Waals surface area (Å²) >= 11 is 5.93. The van der Waals surface area contributed by atoms with E-state index in [0.717, 1.165) is 44.9 Å². The van der Waals surface area contributed by atoms with E-state index in [1.165, 1.54) is 0 Å². The fourth-order valence-corrected chi connectivity index (χ4v) is 5.34.